The summed E-state index contributed by atoms with van der Waals surface area (Å²) >= 11 is 0. The Labute approximate surface area is 101 Å². The Morgan fingerprint density at radius 2 is 2.35 bits per heavy atom. The minimum atomic E-state index is -3.33. The first kappa shape index (κ1) is 12.3. The maximum atomic E-state index is 11.9. The Morgan fingerprint density at radius 1 is 1.47 bits per heavy atom. The molecule has 1 aromatic rings. The SMILES string of the molecule is O=S(=O)(CC1CCCNC1)Nc1cnccn1. The van der Waals surface area contributed by atoms with Crippen LogP contribution in [0, 0.1) is 5.92 Å². The van der Waals surface area contributed by atoms with E-state index >= 15 is 0 Å². The highest BCUT2D eigenvalue weighted by molar-refractivity contribution is 7.92. The summed E-state index contributed by atoms with van der Waals surface area (Å²) in [6, 6.07) is 0. The van der Waals surface area contributed by atoms with E-state index in [-0.39, 0.29) is 17.5 Å². The molecule has 17 heavy (non-hydrogen) atoms. The zero-order chi connectivity index (χ0) is 12.1. The third-order valence-corrected chi connectivity index (χ3v) is 4.11. The first-order valence-electron chi connectivity index (χ1n) is 5.63. The van der Waals surface area contributed by atoms with Crippen molar-refractivity contribution in [2.75, 3.05) is 23.6 Å². The largest absolute Gasteiger partial charge is 0.316 e. The standard InChI is InChI=1S/C10H16N4O2S/c15-17(16,8-9-2-1-3-11-6-9)14-10-7-12-4-5-13-10/h4-5,7,9,11H,1-3,6,8H2,(H,13,14). The molecule has 1 aromatic heterocycles. The van der Waals surface area contributed by atoms with Crippen molar-refractivity contribution in [3.05, 3.63) is 18.6 Å². The lowest BCUT2D eigenvalue weighted by Crippen LogP contribution is -2.35. The lowest BCUT2D eigenvalue weighted by Gasteiger charge is -2.22. The van der Waals surface area contributed by atoms with Crippen molar-refractivity contribution >= 4 is 15.8 Å². The van der Waals surface area contributed by atoms with Gasteiger partial charge >= 0.3 is 0 Å². The number of sulfonamides is 1. The molecule has 0 bridgehead atoms. The summed E-state index contributed by atoms with van der Waals surface area (Å²) in [6.45, 7) is 1.75. The summed E-state index contributed by atoms with van der Waals surface area (Å²) in [5.74, 6) is 0.588. The molecule has 1 aliphatic rings. The third-order valence-electron chi connectivity index (χ3n) is 2.68. The number of aromatic nitrogens is 2. The topological polar surface area (TPSA) is 84.0 Å². The van der Waals surface area contributed by atoms with Gasteiger partial charge in [-0.2, -0.15) is 0 Å². The van der Waals surface area contributed by atoms with Crippen molar-refractivity contribution in [3.8, 4) is 0 Å². The van der Waals surface area contributed by atoms with Crippen LogP contribution in [0.2, 0.25) is 0 Å². The van der Waals surface area contributed by atoms with Crippen LogP contribution in [-0.2, 0) is 10.0 Å². The van der Waals surface area contributed by atoms with E-state index in [1.807, 2.05) is 0 Å². The smallest absolute Gasteiger partial charge is 0.234 e. The zero-order valence-electron chi connectivity index (χ0n) is 9.46. The van der Waals surface area contributed by atoms with Gasteiger partial charge in [-0.15, -0.1) is 0 Å². The molecule has 0 aliphatic carbocycles. The molecule has 1 unspecified atom stereocenters. The highest BCUT2D eigenvalue weighted by Crippen LogP contribution is 2.13. The number of hydrogen-bond acceptors (Lipinski definition) is 5. The first-order valence-corrected chi connectivity index (χ1v) is 7.28. The first-order chi connectivity index (χ1) is 8.16. The lowest BCUT2D eigenvalue weighted by molar-refractivity contribution is 0.404. The molecule has 1 aliphatic heterocycles. The molecule has 2 heterocycles. The number of nitrogens with one attached hydrogen (secondary N) is 2. The fourth-order valence-corrected chi connectivity index (χ4v) is 3.34. The van der Waals surface area contributed by atoms with Crippen LogP contribution in [0.4, 0.5) is 5.82 Å². The van der Waals surface area contributed by atoms with E-state index in [0.717, 1.165) is 25.9 Å². The van der Waals surface area contributed by atoms with E-state index in [0.29, 0.717) is 0 Å². The highest BCUT2D eigenvalue weighted by atomic mass is 32.2. The Morgan fingerprint density at radius 3 is 3.00 bits per heavy atom. The molecule has 0 aromatic carbocycles. The predicted molar refractivity (Wildman–Crippen MR) is 65.0 cm³/mol. The minimum Gasteiger partial charge on any atom is -0.316 e. The molecular formula is C10H16N4O2S. The van der Waals surface area contributed by atoms with Crippen LogP contribution in [0.5, 0.6) is 0 Å². The molecule has 0 saturated carbocycles. The van der Waals surface area contributed by atoms with E-state index in [9.17, 15) is 8.42 Å². The summed E-state index contributed by atoms with van der Waals surface area (Å²) in [4.78, 5) is 7.70. The lowest BCUT2D eigenvalue weighted by atomic mass is 10.0. The number of hydrogen-bond donors (Lipinski definition) is 2. The zero-order valence-corrected chi connectivity index (χ0v) is 10.3. The molecule has 94 valence electrons. The van der Waals surface area contributed by atoms with Crippen LogP contribution in [0.15, 0.2) is 18.6 Å². The molecule has 0 radical (unpaired) electrons. The van der Waals surface area contributed by atoms with Gasteiger partial charge in [0.25, 0.3) is 0 Å². The molecule has 1 atom stereocenters. The fraction of sp³-hybridized carbons (Fsp3) is 0.600. The third kappa shape index (κ3) is 3.94. The molecule has 7 heteroatoms. The van der Waals surface area contributed by atoms with Gasteiger partial charge < -0.3 is 5.32 Å². The number of anilines is 1. The Hall–Kier alpha value is -1.21. The van der Waals surface area contributed by atoms with Crippen LogP contribution in [0.1, 0.15) is 12.8 Å². The molecule has 6 nitrogen and oxygen atoms in total. The van der Waals surface area contributed by atoms with Crippen molar-refractivity contribution in [3.63, 3.8) is 0 Å². The van der Waals surface area contributed by atoms with Crippen LogP contribution >= 0.6 is 0 Å². The minimum absolute atomic E-state index is 0.135. The van der Waals surface area contributed by atoms with E-state index < -0.39 is 10.0 Å². The maximum Gasteiger partial charge on any atom is 0.234 e. The molecule has 0 spiro atoms. The van der Waals surface area contributed by atoms with Gasteiger partial charge in [-0.25, -0.2) is 13.4 Å². The monoisotopic (exact) mass is 256 g/mol. The van der Waals surface area contributed by atoms with Gasteiger partial charge in [0.15, 0.2) is 5.82 Å². The predicted octanol–water partition coefficient (Wildman–Crippen LogP) is 0.218. The Bertz CT molecular complexity index is 443. The fourth-order valence-electron chi connectivity index (χ4n) is 1.93. The normalized spacial score (nSPS) is 21.1. The Balaban J connectivity index is 1.94. The summed E-state index contributed by atoms with van der Waals surface area (Å²) < 4.78 is 26.2. The summed E-state index contributed by atoms with van der Waals surface area (Å²) in [5, 5.41) is 3.20. The van der Waals surface area contributed by atoms with Gasteiger partial charge in [0.05, 0.1) is 11.9 Å². The van der Waals surface area contributed by atoms with Crippen molar-refractivity contribution in [1.82, 2.24) is 15.3 Å². The average Bonchev–Trinajstić information content (AvgIpc) is 2.30. The molecule has 2 N–H and O–H groups in total. The van der Waals surface area contributed by atoms with Crippen LogP contribution in [0.25, 0.3) is 0 Å². The molecule has 1 fully saturated rings. The van der Waals surface area contributed by atoms with E-state index in [1.54, 1.807) is 0 Å². The molecule has 0 amide bonds. The van der Waals surface area contributed by atoms with E-state index in [4.69, 9.17) is 0 Å². The average molecular weight is 256 g/mol. The maximum absolute atomic E-state index is 11.9. The van der Waals surface area contributed by atoms with Crippen molar-refractivity contribution in [2.45, 2.75) is 12.8 Å². The highest BCUT2D eigenvalue weighted by Gasteiger charge is 2.21. The van der Waals surface area contributed by atoms with Crippen LogP contribution < -0.4 is 10.0 Å². The summed E-state index contributed by atoms with van der Waals surface area (Å²) in [6.07, 6.45) is 6.35. The van der Waals surface area contributed by atoms with Gasteiger partial charge in [-0.05, 0) is 31.8 Å². The van der Waals surface area contributed by atoms with Crippen LogP contribution in [0.3, 0.4) is 0 Å². The van der Waals surface area contributed by atoms with Gasteiger partial charge in [0, 0.05) is 12.4 Å². The van der Waals surface area contributed by atoms with Crippen molar-refractivity contribution in [1.29, 1.82) is 0 Å². The van der Waals surface area contributed by atoms with Crippen LogP contribution in [-0.4, -0.2) is 37.2 Å². The van der Waals surface area contributed by atoms with Crippen molar-refractivity contribution in [2.24, 2.45) is 5.92 Å². The van der Waals surface area contributed by atoms with Gasteiger partial charge in [0.1, 0.15) is 0 Å². The Kier molecular flexibility index (Phi) is 3.90. The van der Waals surface area contributed by atoms with E-state index in [1.165, 1.54) is 18.6 Å². The molecule has 2 rings (SSSR count). The quantitative estimate of drug-likeness (QED) is 0.805. The van der Waals surface area contributed by atoms with Crippen molar-refractivity contribution < 1.29 is 8.42 Å². The molecule has 1 saturated heterocycles. The summed E-state index contributed by atoms with van der Waals surface area (Å²) in [5.41, 5.74) is 0. The van der Waals surface area contributed by atoms with Gasteiger partial charge in [0.2, 0.25) is 10.0 Å². The number of rotatable bonds is 4. The second-order valence-corrected chi connectivity index (χ2v) is 5.95. The number of piperidine rings is 1. The number of nitrogens with zero attached hydrogens (tertiary/aromatic N) is 2. The van der Waals surface area contributed by atoms with Gasteiger partial charge in [-0.3, -0.25) is 9.71 Å². The second-order valence-electron chi connectivity index (χ2n) is 4.19. The summed E-state index contributed by atoms with van der Waals surface area (Å²) in [7, 11) is -3.33. The van der Waals surface area contributed by atoms with E-state index in [2.05, 4.69) is 20.0 Å². The molecular weight excluding hydrogens is 240 g/mol. The van der Waals surface area contributed by atoms with Gasteiger partial charge in [-0.1, -0.05) is 0 Å². The second kappa shape index (κ2) is 5.42.